The van der Waals surface area contributed by atoms with E-state index in [0.29, 0.717) is 24.4 Å². The number of carbonyl (C=O) groups excluding carboxylic acids is 1. The number of hydrogen-bond acceptors (Lipinski definition) is 6. The molecule has 1 amide bonds. The van der Waals surface area contributed by atoms with Gasteiger partial charge in [0.05, 0.1) is 13.7 Å². The molecule has 1 aromatic heterocycles. The molecule has 1 aliphatic heterocycles. The van der Waals surface area contributed by atoms with E-state index in [1.165, 1.54) is 0 Å². The van der Waals surface area contributed by atoms with Gasteiger partial charge in [-0.1, -0.05) is 0 Å². The quantitative estimate of drug-likeness (QED) is 0.816. The number of methoxy groups -OCH3 is 1. The Morgan fingerprint density at radius 1 is 1.38 bits per heavy atom. The van der Waals surface area contributed by atoms with E-state index in [1.807, 2.05) is 0 Å². The SMILES string of the molecule is COc1ccnc(N2CCN(CC(=O)NC3CC3)CC2)n1. The Kier molecular flexibility index (Phi) is 4.19. The molecule has 0 spiro atoms. The molecule has 3 rings (SSSR count). The van der Waals surface area contributed by atoms with Crippen molar-refractivity contribution in [3.8, 4) is 5.88 Å². The van der Waals surface area contributed by atoms with Crippen LogP contribution in [0.25, 0.3) is 0 Å². The summed E-state index contributed by atoms with van der Waals surface area (Å²) in [7, 11) is 1.60. The van der Waals surface area contributed by atoms with Gasteiger partial charge in [-0.2, -0.15) is 4.98 Å². The lowest BCUT2D eigenvalue weighted by Gasteiger charge is -2.34. The summed E-state index contributed by atoms with van der Waals surface area (Å²) >= 11 is 0. The summed E-state index contributed by atoms with van der Waals surface area (Å²) in [4.78, 5) is 24.7. The average Bonchev–Trinajstić information content (AvgIpc) is 3.32. The van der Waals surface area contributed by atoms with E-state index < -0.39 is 0 Å². The molecule has 0 unspecified atom stereocenters. The molecule has 2 aliphatic rings. The number of ether oxygens (including phenoxy) is 1. The maximum atomic E-state index is 11.8. The highest BCUT2D eigenvalue weighted by Gasteiger charge is 2.25. The third-order valence-corrected chi connectivity index (χ3v) is 3.79. The molecule has 1 aliphatic carbocycles. The number of nitrogens with zero attached hydrogens (tertiary/aromatic N) is 4. The zero-order chi connectivity index (χ0) is 14.7. The molecule has 7 heteroatoms. The number of rotatable bonds is 5. The summed E-state index contributed by atoms with van der Waals surface area (Å²) in [5, 5.41) is 3.02. The predicted molar refractivity (Wildman–Crippen MR) is 78.4 cm³/mol. The highest BCUT2D eigenvalue weighted by Crippen LogP contribution is 2.18. The third-order valence-electron chi connectivity index (χ3n) is 3.79. The Balaban J connectivity index is 1.48. The fraction of sp³-hybridized carbons (Fsp3) is 0.643. The van der Waals surface area contributed by atoms with Gasteiger partial charge >= 0.3 is 0 Å². The third kappa shape index (κ3) is 3.81. The van der Waals surface area contributed by atoms with E-state index in [0.717, 1.165) is 39.0 Å². The van der Waals surface area contributed by atoms with Crippen LogP contribution in [0.15, 0.2) is 12.3 Å². The second-order valence-corrected chi connectivity index (χ2v) is 5.50. The Morgan fingerprint density at radius 2 is 2.14 bits per heavy atom. The summed E-state index contributed by atoms with van der Waals surface area (Å²) in [6, 6.07) is 2.17. The number of anilines is 1. The minimum absolute atomic E-state index is 0.142. The van der Waals surface area contributed by atoms with Crippen LogP contribution in [-0.4, -0.2) is 66.7 Å². The molecule has 2 fully saturated rings. The molecule has 21 heavy (non-hydrogen) atoms. The number of piperazine rings is 1. The summed E-state index contributed by atoms with van der Waals surface area (Å²) in [6.45, 7) is 3.83. The molecule has 0 radical (unpaired) electrons. The monoisotopic (exact) mass is 291 g/mol. The maximum Gasteiger partial charge on any atom is 0.234 e. The van der Waals surface area contributed by atoms with Crippen LogP contribution in [0, 0.1) is 0 Å². The standard InChI is InChI=1S/C14H21N5O2/c1-21-13-4-5-15-14(17-13)19-8-6-18(7-9-19)10-12(20)16-11-2-3-11/h4-5,11H,2-3,6-10H2,1H3,(H,16,20). The van der Waals surface area contributed by atoms with Crippen molar-refractivity contribution in [2.75, 3.05) is 44.7 Å². The van der Waals surface area contributed by atoms with Gasteiger partial charge in [-0.15, -0.1) is 0 Å². The van der Waals surface area contributed by atoms with E-state index in [2.05, 4.69) is 25.1 Å². The second-order valence-electron chi connectivity index (χ2n) is 5.50. The molecule has 114 valence electrons. The average molecular weight is 291 g/mol. The first-order chi connectivity index (χ1) is 10.2. The number of nitrogens with one attached hydrogen (secondary N) is 1. The Bertz CT molecular complexity index is 498. The summed E-state index contributed by atoms with van der Waals surface area (Å²) in [5.41, 5.74) is 0. The lowest BCUT2D eigenvalue weighted by molar-refractivity contribution is -0.122. The van der Waals surface area contributed by atoms with E-state index in [4.69, 9.17) is 4.74 Å². The van der Waals surface area contributed by atoms with Crippen LogP contribution in [0.2, 0.25) is 0 Å². The van der Waals surface area contributed by atoms with Gasteiger partial charge < -0.3 is 15.0 Å². The largest absolute Gasteiger partial charge is 0.481 e. The zero-order valence-corrected chi connectivity index (χ0v) is 12.3. The van der Waals surface area contributed by atoms with Gasteiger partial charge in [-0.3, -0.25) is 9.69 Å². The fourth-order valence-electron chi connectivity index (χ4n) is 2.41. The van der Waals surface area contributed by atoms with Crippen molar-refractivity contribution in [3.63, 3.8) is 0 Å². The summed E-state index contributed by atoms with van der Waals surface area (Å²) in [5.74, 6) is 1.41. The molecule has 0 bridgehead atoms. The Labute approximate surface area is 124 Å². The van der Waals surface area contributed by atoms with Crippen LogP contribution >= 0.6 is 0 Å². The van der Waals surface area contributed by atoms with Gasteiger partial charge in [0.25, 0.3) is 0 Å². The van der Waals surface area contributed by atoms with Gasteiger partial charge in [-0.25, -0.2) is 4.98 Å². The van der Waals surface area contributed by atoms with Crippen molar-refractivity contribution in [2.24, 2.45) is 0 Å². The number of hydrogen-bond donors (Lipinski definition) is 1. The summed E-state index contributed by atoms with van der Waals surface area (Å²) in [6.07, 6.45) is 3.97. The topological polar surface area (TPSA) is 70.6 Å². The van der Waals surface area contributed by atoms with Gasteiger partial charge in [0, 0.05) is 44.5 Å². The zero-order valence-electron chi connectivity index (χ0n) is 12.3. The molecule has 1 saturated heterocycles. The van der Waals surface area contributed by atoms with Crippen molar-refractivity contribution in [1.82, 2.24) is 20.2 Å². The molecule has 7 nitrogen and oxygen atoms in total. The molecular weight excluding hydrogens is 270 g/mol. The number of aromatic nitrogens is 2. The lowest BCUT2D eigenvalue weighted by Crippen LogP contribution is -2.50. The van der Waals surface area contributed by atoms with Crippen molar-refractivity contribution in [3.05, 3.63) is 12.3 Å². The van der Waals surface area contributed by atoms with Gasteiger partial charge in [-0.05, 0) is 12.8 Å². The second kappa shape index (κ2) is 6.26. The van der Waals surface area contributed by atoms with E-state index >= 15 is 0 Å². The van der Waals surface area contributed by atoms with Gasteiger partial charge in [0.1, 0.15) is 0 Å². The Morgan fingerprint density at radius 3 is 2.81 bits per heavy atom. The first-order valence-electron chi connectivity index (χ1n) is 7.38. The molecule has 1 aromatic rings. The van der Waals surface area contributed by atoms with Crippen LogP contribution in [0.1, 0.15) is 12.8 Å². The normalized spacial score (nSPS) is 19.4. The van der Waals surface area contributed by atoms with Gasteiger partial charge in [0.2, 0.25) is 17.7 Å². The number of amides is 1. The molecule has 2 heterocycles. The van der Waals surface area contributed by atoms with Crippen molar-refractivity contribution >= 4 is 11.9 Å². The fourth-order valence-corrected chi connectivity index (χ4v) is 2.41. The van der Waals surface area contributed by atoms with Crippen molar-refractivity contribution in [2.45, 2.75) is 18.9 Å². The van der Waals surface area contributed by atoms with Gasteiger partial charge in [0.15, 0.2) is 0 Å². The highest BCUT2D eigenvalue weighted by molar-refractivity contribution is 5.78. The Hall–Kier alpha value is -1.89. The smallest absolute Gasteiger partial charge is 0.234 e. The van der Waals surface area contributed by atoms with Crippen LogP contribution in [0.5, 0.6) is 5.88 Å². The van der Waals surface area contributed by atoms with Crippen LogP contribution in [0.3, 0.4) is 0 Å². The van der Waals surface area contributed by atoms with Crippen molar-refractivity contribution in [1.29, 1.82) is 0 Å². The highest BCUT2D eigenvalue weighted by atomic mass is 16.5. The van der Waals surface area contributed by atoms with Crippen molar-refractivity contribution < 1.29 is 9.53 Å². The summed E-state index contributed by atoms with van der Waals surface area (Å²) < 4.78 is 5.12. The molecule has 0 atom stereocenters. The van der Waals surface area contributed by atoms with E-state index in [-0.39, 0.29) is 5.91 Å². The molecule has 0 aromatic carbocycles. The minimum Gasteiger partial charge on any atom is -0.481 e. The van der Waals surface area contributed by atoms with Crippen LogP contribution < -0.4 is 15.0 Å². The van der Waals surface area contributed by atoms with E-state index in [9.17, 15) is 4.79 Å². The van der Waals surface area contributed by atoms with Crippen LogP contribution in [0.4, 0.5) is 5.95 Å². The van der Waals surface area contributed by atoms with E-state index in [1.54, 1.807) is 19.4 Å². The molecular formula is C14H21N5O2. The predicted octanol–water partition coefficient (Wildman–Crippen LogP) is -0.114. The first kappa shape index (κ1) is 14.1. The maximum absolute atomic E-state index is 11.8. The lowest BCUT2D eigenvalue weighted by atomic mass is 10.3. The first-order valence-corrected chi connectivity index (χ1v) is 7.38. The minimum atomic E-state index is 0.142. The molecule has 1 saturated carbocycles. The number of carbonyl (C=O) groups is 1. The molecule has 1 N–H and O–H groups in total. The van der Waals surface area contributed by atoms with Crippen LogP contribution in [-0.2, 0) is 4.79 Å².